The van der Waals surface area contributed by atoms with Crippen LogP contribution in [0.1, 0.15) is 18.2 Å². The maximum absolute atomic E-state index is 12.0. The number of nitrogens with one attached hydrogen (secondary N) is 1. The summed E-state index contributed by atoms with van der Waals surface area (Å²) in [6, 6.07) is 5.44. The van der Waals surface area contributed by atoms with E-state index in [0.717, 1.165) is 23.5 Å². The van der Waals surface area contributed by atoms with Gasteiger partial charge in [0.1, 0.15) is 12.1 Å². The Hall–Kier alpha value is -3.07. The molecule has 0 atom stereocenters. The number of hydrogen-bond donors (Lipinski definition) is 1. The first-order chi connectivity index (χ1) is 12.2. The van der Waals surface area contributed by atoms with Gasteiger partial charge in [-0.25, -0.2) is 15.0 Å². The predicted molar refractivity (Wildman–Crippen MR) is 95.2 cm³/mol. The summed E-state index contributed by atoms with van der Waals surface area (Å²) < 4.78 is 3.17. The van der Waals surface area contributed by atoms with Gasteiger partial charge >= 0.3 is 0 Å². The summed E-state index contributed by atoms with van der Waals surface area (Å²) >= 11 is 1.36. The number of imidazole rings is 1. The molecule has 0 amide bonds. The van der Waals surface area contributed by atoms with Crippen LogP contribution in [0, 0.1) is 0 Å². The van der Waals surface area contributed by atoms with E-state index in [2.05, 4.69) is 25.4 Å². The summed E-state index contributed by atoms with van der Waals surface area (Å²) in [5.41, 5.74) is 1.63. The monoisotopic (exact) mass is 353 g/mol. The molecule has 0 saturated heterocycles. The van der Waals surface area contributed by atoms with Gasteiger partial charge in [-0.05, 0) is 18.1 Å². The van der Waals surface area contributed by atoms with Gasteiger partial charge in [0.15, 0.2) is 0 Å². The van der Waals surface area contributed by atoms with Crippen molar-refractivity contribution in [2.24, 2.45) is 0 Å². The molecule has 0 spiro atoms. The zero-order valence-electron chi connectivity index (χ0n) is 13.5. The molecule has 0 aliphatic rings. The van der Waals surface area contributed by atoms with E-state index in [0.29, 0.717) is 16.6 Å². The zero-order chi connectivity index (χ0) is 17.2. The molecule has 126 valence electrons. The number of aromatic nitrogens is 6. The summed E-state index contributed by atoms with van der Waals surface area (Å²) in [5, 5.41) is 8.14. The highest BCUT2D eigenvalue weighted by molar-refractivity contribution is 7.20. The zero-order valence-corrected chi connectivity index (χ0v) is 14.3. The van der Waals surface area contributed by atoms with Crippen LogP contribution in [-0.4, -0.2) is 29.1 Å². The lowest BCUT2D eigenvalue weighted by molar-refractivity contribution is 0.873. The second-order valence-corrected chi connectivity index (χ2v) is 6.34. The van der Waals surface area contributed by atoms with E-state index < -0.39 is 0 Å². The molecule has 9 heteroatoms. The summed E-state index contributed by atoms with van der Waals surface area (Å²) in [5.74, 6) is 0.809. The van der Waals surface area contributed by atoms with Gasteiger partial charge in [-0.3, -0.25) is 9.36 Å². The van der Waals surface area contributed by atoms with Gasteiger partial charge < -0.3 is 5.32 Å². The molecule has 1 N–H and O–H groups in total. The third-order valence-electron chi connectivity index (χ3n) is 3.68. The highest BCUT2D eigenvalue weighted by Crippen LogP contribution is 2.17. The third-order valence-corrected chi connectivity index (χ3v) is 4.55. The fourth-order valence-corrected chi connectivity index (χ4v) is 3.18. The summed E-state index contributed by atoms with van der Waals surface area (Å²) in [6.07, 6.45) is 7.79. The van der Waals surface area contributed by atoms with Crippen molar-refractivity contribution >= 4 is 21.4 Å². The molecule has 4 rings (SSSR count). The van der Waals surface area contributed by atoms with Crippen molar-refractivity contribution in [3.05, 3.63) is 64.7 Å². The average Bonchev–Trinajstić information content (AvgIpc) is 3.30. The minimum Gasteiger partial charge on any atom is -0.356 e. The van der Waals surface area contributed by atoms with E-state index in [1.807, 2.05) is 29.8 Å². The Balaban J connectivity index is 1.50. The van der Waals surface area contributed by atoms with Gasteiger partial charge in [-0.1, -0.05) is 24.3 Å². The van der Waals surface area contributed by atoms with Crippen molar-refractivity contribution in [3.8, 4) is 5.82 Å². The molecule has 0 unspecified atom stereocenters. The molecular weight excluding hydrogens is 338 g/mol. The van der Waals surface area contributed by atoms with E-state index >= 15 is 0 Å². The van der Waals surface area contributed by atoms with Crippen LogP contribution < -0.4 is 10.9 Å². The predicted octanol–water partition coefficient (Wildman–Crippen LogP) is 1.91. The molecule has 25 heavy (non-hydrogen) atoms. The van der Waals surface area contributed by atoms with Crippen LogP contribution in [0.5, 0.6) is 0 Å². The van der Waals surface area contributed by atoms with Crippen molar-refractivity contribution < 1.29 is 0 Å². The Kier molecular flexibility index (Phi) is 3.98. The maximum atomic E-state index is 12.0. The van der Waals surface area contributed by atoms with Crippen molar-refractivity contribution in [1.82, 2.24) is 29.1 Å². The lowest BCUT2D eigenvalue weighted by Gasteiger charge is -2.04. The Labute approximate surface area is 146 Å². The minimum absolute atomic E-state index is 0.155. The molecule has 4 aromatic heterocycles. The number of anilines is 1. The van der Waals surface area contributed by atoms with Crippen molar-refractivity contribution in [3.63, 3.8) is 0 Å². The first-order valence-corrected chi connectivity index (χ1v) is 8.61. The lowest BCUT2D eigenvalue weighted by atomic mass is 10.3. The van der Waals surface area contributed by atoms with E-state index in [-0.39, 0.29) is 5.56 Å². The average molecular weight is 353 g/mol. The van der Waals surface area contributed by atoms with Crippen LogP contribution in [-0.2, 0) is 13.0 Å². The summed E-state index contributed by atoms with van der Waals surface area (Å²) in [4.78, 5) is 25.5. The molecule has 8 nitrogen and oxygen atoms in total. The van der Waals surface area contributed by atoms with Crippen molar-refractivity contribution in [2.45, 2.75) is 19.9 Å². The third kappa shape index (κ3) is 3.13. The van der Waals surface area contributed by atoms with Crippen LogP contribution in [0.25, 0.3) is 10.8 Å². The highest BCUT2D eigenvalue weighted by Gasteiger charge is 2.08. The molecule has 4 aromatic rings. The largest absolute Gasteiger partial charge is 0.356 e. The van der Waals surface area contributed by atoms with E-state index in [9.17, 15) is 4.79 Å². The number of aryl methyl sites for hydroxylation is 1. The van der Waals surface area contributed by atoms with Crippen LogP contribution in [0.4, 0.5) is 5.13 Å². The van der Waals surface area contributed by atoms with E-state index in [1.54, 1.807) is 18.7 Å². The second-order valence-electron chi connectivity index (χ2n) is 5.39. The molecule has 0 radical (unpaired) electrons. The van der Waals surface area contributed by atoms with Gasteiger partial charge in [0.2, 0.25) is 10.1 Å². The smallest absolute Gasteiger partial charge is 0.275 e. The topological polar surface area (TPSA) is 90.0 Å². The fraction of sp³-hybridized carbons (Fsp3) is 0.188. The molecule has 0 fully saturated rings. The van der Waals surface area contributed by atoms with Gasteiger partial charge in [0.25, 0.3) is 5.56 Å². The Morgan fingerprint density at radius 1 is 1.32 bits per heavy atom. The SMILES string of the molecule is CCc1cc(=O)n2nc(NCc3ccc(-n4ccnc4)nc3)sc2n1. The van der Waals surface area contributed by atoms with Crippen molar-refractivity contribution in [2.75, 3.05) is 5.32 Å². The number of pyridine rings is 1. The fourth-order valence-electron chi connectivity index (χ4n) is 2.36. The molecule has 0 bridgehead atoms. The maximum Gasteiger partial charge on any atom is 0.275 e. The molecule has 0 saturated carbocycles. The Morgan fingerprint density at radius 3 is 2.96 bits per heavy atom. The van der Waals surface area contributed by atoms with Gasteiger partial charge in [-0.15, -0.1) is 5.10 Å². The molecule has 0 aliphatic heterocycles. The lowest BCUT2D eigenvalue weighted by Crippen LogP contribution is -2.15. The second kappa shape index (κ2) is 6.44. The van der Waals surface area contributed by atoms with Crippen LogP contribution in [0.15, 0.2) is 47.9 Å². The number of nitrogens with zero attached hydrogens (tertiary/aromatic N) is 6. The number of rotatable bonds is 5. The van der Waals surface area contributed by atoms with Gasteiger partial charge in [0.05, 0.1) is 0 Å². The number of fused-ring (bicyclic) bond motifs is 1. The van der Waals surface area contributed by atoms with Crippen LogP contribution >= 0.6 is 11.3 Å². The Morgan fingerprint density at radius 2 is 2.24 bits per heavy atom. The highest BCUT2D eigenvalue weighted by atomic mass is 32.1. The molecular formula is C16H15N7OS. The van der Waals surface area contributed by atoms with Crippen LogP contribution in [0.2, 0.25) is 0 Å². The molecule has 0 aliphatic carbocycles. The summed E-state index contributed by atoms with van der Waals surface area (Å²) in [6.45, 7) is 2.53. The van der Waals surface area contributed by atoms with E-state index in [4.69, 9.17) is 0 Å². The standard InChI is InChI=1S/C16H15N7OS/c1-2-12-7-14(24)23-16(20-12)25-15(21-23)19-9-11-3-4-13(18-8-11)22-6-5-17-10-22/h3-8,10H,2,9H2,1H3,(H,19,21). The van der Waals surface area contributed by atoms with Gasteiger partial charge in [0, 0.05) is 36.9 Å². The van der Waals surface area contributed by atoms with Crippen LogP contribution in [0.3, 0.4) is 0 Å². The quantitative estimate of drug-likeness (QED) is 0.589. The minimum atomic E-state index is -0.155. The summed E-state index contributed by atoms with van der Waals surface area (Å²) in [7, 11) is 0. The first kappa shape index (κ1) is 15.5. The van der Waals surface area contributed by atoms with E-state index in [1.165, 1.54) is 21.9 Å². The Bertz CT molecular complexity index is 1050. The number of hydrogen-bond acceptors (Lipinski definition) is 7. The van der Waals surface area contributed by atoms with Gasteiger partial charge in [-0.2, -0.15) is 4.52 Å². The molecule has 4 heterocycles. The normalized spacial score (nSPS) is 11.1. The molecule has 0 aromatic carbocycles. The first-order valence-electron chi connectivity index (χ1n) is 7.80. The van der Waals surface area contributed by atoms with Crippen molar-refractivity contribution in [1.29, 1.82) is 0 Å².